The monoisotopic (exact) mass is 684 g/mol. The van der Waals surface area contributed by atoms with Gasteiger partial charge < -0.3 is 28.6 Å². The second kappa shape index (κ2) is 18.8. The van der Waals surface area contributed by atoms with Crippen LogP contribution in [0.25, 0.3) is 11.0 Å². The van der Waals surface area contributed by atoms with Crippen molar-refractivity contribution in [2.24, 2.45) is 5.92 Å². The Bertz CT molecular complexity index is 1610. The van der Waals surface area contributed by atoms with Crippen LogP contribution in [0, 0.1) is 12.8 Å². The van der Waals surface area contributed by atoms with Crippen LogP contribution < -0.4 is 14.2 Å². The van der Waals surface area contributed by atoms with Crippen molar-refractivity contribution in [3.63, 3.8) is 0 Å². The van der Waals surface area contributed by atoms with Gasteiger partial charge in [0.15, 0.2) is 11.5 Å². The molecule has 272 valence electrons. The molecule has 1 aliphatic heterocycles. The maximum atomic E-state index is 13.6. The molecule has 5 rings (SSSR count). The summed E-state index contributed by atoms with van der Waals surface area (Å²) in [6.45, 7) is 16.9. The zero-order valence-corrected chi connectivity index (χ0v) is 31.8. The molecule has 1 fully saturated rings. The van der Waals surface area contributed by atoms with Crippen molar-refractivity contribution in [3.8, 4) is 17.2 Å². The normalized spacial score (nSPS) is 15.8. The number of amides is 1. The van der Waals surface area contributed by atoms with Gasteiger partial charge in [-0.05, 0) is 94.4 Å². The van der Waals surface area contributed by atoms with E-state index < -0.39 is 0 Å². The minimum Gasteiger partial charge on any atom is -0.493 e. The molecule has 4 aromatic rings. The Morgan fingerprint density at radius 1 is 0.900 bits per heavy atom. The molecule has 0 bridgehead atoms. The summed E-state index contributed by atoms with van der Waals surface area (Å²) < 4.78 is 18.7. The first kappa shape index (κ1) is 38.8. The molecule has 3 aromatic carbocycles. The van der Waals surface area contributed by atoms with Crippen LogP contribution in [0.3, 0.4) is 0 Å². The average molecular weight is 685 g/mol. The lowest BCUT2D eigenvalue weighted by molar-refractivity contribution is 0.0780. The highest BCUT2D eigenvalue weighted by Gasteiger charge is 2.41. The Labute approximate surface area is 300 Å². The third-order valence-electron chi connectivity index (χ3n) is 9.99. The molecule has 0 radical (unpaired) electrons. The van der Waals surface area contributed by atoms with E-state index in [9.17, 15) is 4.79 Å². The predicted octanol–water partition coefficient (Wildman–Crippen LogP) is 8.79. The first-order valence-electron chi connectivity index (χ1n) is 18.5. The van der Waals surface area contributed by atoms with Crippen LogP contribution in [0.5, 0.6) is 17.2 Å². The zero-order valence-electron chi connectivity index (χ0n) is 31.8. The number of methoxy groups -OCH3 is 3. The van der Waals surface area contributed by atoms with Gasteiger partial charge in [-0.2, -0.15) is 0 Å². The van der Waals surface area contributed by atoms with E-state index in [-0.39, 0.29) is 11.3 Å². The number of carbonyl (C=O) groups excluding carboxylic acids is 1. The number of fused-ring (bicyclic) bond motifs is 1. The van der Waals surface area contributed by atoms with Gasteiger partial charge in [-0.15, -0.1) is 0 Å². The molecule has 2 heterocycles. The molecule has 1 saturated heterocycles. The van der Waals surface area contributed by atoms with E-state index in [1.54, 1.807) is 33.5 Å². The third-order valence-corrected chi connectivity index (χ3v) is 9.99. The number of rotatable bonds is 16. The van der Waals surface area contributed by atoms with Crippen molar-refractivity contribution < 1.29 is 19.0 Å². The Kier molecular flexibility index (Phi) is 14.6. The maximum Gasteiger partial charge on any atom is 0.254 e. The number of unbranched alkanes of at least 4 members (excludes halogenated alkanes) is 1. The molecule has 0 aliphatic carbocycles. The van der Waals surface area contributed by atoms with Crippen LogP contribution >= 0.6 is 0 Å². The van der Waals surface area contributed by atoms with Crippen LogP contribution in [-0.4, -0.2) is 79.3 Å². The summed E-state index contributed by atoms with van der Waals surface area (Å²) in [7, 11) is 4.71. The highest BCUT2D eigenvalue weighted by molar-refractivity contribution is 5.96. The molecule has 1 atom stereocenters. The van der Waals surface area contributed by atoms with Gasteiger partial charge in [0.25, 0.3) is 5.91 Å². The highest BCUT2D eigenvalue weighted by atomic mass is 16.5. The summed E-state index contributed by atoms with van der Waals surface area (Å²) in [5.74, 6) is 3.35. The first-order valence-corrected chi connectivity index (χ1v) is 18.5. The number of nitrogens with zero attached hydrogens (tertiary/aromatic N) is 4. The molecule has 50 heavy (non-hydrogen) atoms. The van der Waals surface area contributed by atoms with Gasteiger partial charge in [0, 0.05) is 30.6 Å². The van der Waals surface area contributed by atoms with Crippen molar-refractivity contribution in [1.29, 1.82) is 0 Å². The van der Waals surface area contributed by atoms with Crippen molar-refractivity contribution in [3.05, 3.63) is 83.7 Å². The zero-order chi connectivity index (χ0) is 36.1. The molecular weight excluding hydrogens is 624 g/mol. The molecule has 8 nitrogen and oxygen atoms in total. The SMILES string of the molecule is CCCCN(CCC)CCC1(c2ccccc2)CCN(C(=O)c2cc(OC)c(OC)c(OC)c2)C1.Cc1nc2ccccc2n1CCC(C)C. The Hall–Kier alpha value is -4.04. The fourth-order valence-corrected chi connectivity index (χ4v) is 7.08. The Balaban J connectivity index is 0.000000310. The van der Waals surface area contributed by atoms with Gasteiger partial charge >= 0.3 is 0 Å². The van der Waals surface area contributed by atoms with Crippen molar-refractivity contribution >= 4 is 16.9 Å². The smallest absolute Gasteiger partial charge is 0.254 e. The molecule has 8 heteroatoms. The molecular formula is C42H60N4O4. The van der Waals surface area contributed by atoms with Crippen LogP contribution in [0.4, 0.5) is 0 Å². The topological polar surface area (TPSA) is 69.1 Å². The number of imidazole rings is 1. The highest BCUT2D eigenvalue weighted by Crippen LogP contribution is 2.41. The number of aromatic nitrogens is 2. The quantitative estimate of drug-likeness (QED) is 0.118. The van der Waals surface area contributed by atoms with Gasteiger partial charge in [0.05, 0.1) is 32.4 Å². The number of hydrogen-bond acceptors (Lipinski definition) is 6. The van der Waals surface area contributed by atoms with E-state index in [4.69, 9.17) is 14.2 Å². The first-order chi connectivity index (χ1) is 24.2. The predicted molar refractivity (Wildman–Crippen MR) is 205 cm³/mol. The standard InChI is InChI=1S/C29H42N2O4.C13H18N2/c1-6-8-17-30(16-7-2)18-14-29(24-12-10-9-11-13-24)15-19-31(22-29)28(32)23-20-25(33-3)27(35-5)26(21-23)34-4;1-10(2)8-9-15-11(3)14-12-6-4-5-7-13(12)15/h9-13,20-21H,6-8,14-19,22H2,1-5H3;4-7,10H,8-9H2,1-3H3. The summed E-state index contributed by atoms with van der Waals surface area (Å²) in [5.41, 5.74) is 4.20. The largest absolute Gasteiger partial charge is 0.493 e. The van der Waals surface area contributed by atoms with Crippen molar-refractivity contribution in [1.82, 2.24) is 19.4 Å². The number of benzene rings is 3. The fraction of sp³-hybridized carbons (Fsp3) is 0.524. The second-order valence-electron chi connectivity index (χ2n) is 14.0. The summed E-state index contributed by atoms with van der Waals surface area (Å²) >= 11 is 0. The van der Waals surface area contributed by atoms with E-state index >= 15 is 0 Å². The number of aryl methyl sites for hydroxylation is 2. The summed E-state index contributed by atoms with van der Waals surface area (Å²) in [4.78, 5) is 22.8. The van der Waals surface area contributed by atoms with E-state index in [0.717, 1.165) is 69.2 Å². The molecule has 1 aliphatic rings. The molecule has 1 unspecified atom stereocenters. The number of likely N-dealkylation sites (tertiary alicyclic amines) is 1. The molecule has 1 amide bonds. The van der Waals surface area contributed by atoms with E-state index in [1.807, 2.05) is 11.0 Å². The average Bonchev–Trinajstić information content (AvgIpc) is 3.72. The number of carbonyl (C=O) groups is 1. The van der Waals surface area contributed by atoms with E-state index in [2.05, 4.69) is 97.6 Å². The van der Waals surface area contributed by atoms with E-state index in [0.29, 0.717) is 29.4 Å². The second-order valence-corrected chi connectivity index (χ2v) is 14.0. The minimum atomic E-state index is -0.0459. The lowest BCUT2D eigenvalue weighted by Gasteiger charge is -2.33. The van der Waals surface area contributed by atoms with Gasteiger partial charge in [-0.25, -0.2) is 4.98 Å². The molecule has 0 N–H and O–H groups in total. The van der Waals surface area contributed by atoms with Crippen molar-refractivity contribution in [2.75, 3.05) is 54.1 Å². The Morgan fingerprint density at radius 3 is 2.20 bits per heavy atom. The Morgan fingerprint density at radius 2 is 1.58 bits per heavy atom. The minimum absolute atomic E-state index is 0.00143. The van der Waals surface area contributed by atoms with Crippen LogP contribution in [0.1, 0.15) is 88.0 Å². The van der Waals surface area contributed by atoms with Gasteiger partial charge in [-0.1, -0.05) is 76.6 Å². The molecule has 0 spiro atoms. The summed E-state index contributed by atoms with van der Waals surface area (Å²) in [5, 5.41) is 0. The van der Waals surface area contributed by atoms with Gasteiger partial charge in [0.1, 0.15) is 5.82 Å². The van der Waals surface area contributed by atoms with Crippen molar-refractivity contribution in [2.45, 2.75) is 85.1 Å². The number of ether oxygens (including phenoxy) is 3. The van der Waals surface area contributed by atoms with Crippen LogP contribution in [-0.2, 0) is 12.0 Å². The van der Waals surface area contributed by atoms with Crippen LogP contribution in [0.15, 0.2) is 66.7 Å². The third kappa shape index (κ3) is 9.59. The molecule has 1 aromatic heterocycles. The van der Waals surface area contributed by atoms with Gasteiger partial charge in [-0.3, -0.25) is 4.79 Å². The number of hydrogen-bond donors (Lipinski definition) is 0. The van der Waals surface area contributed by atoms with E-state index in [1.165, 1.54) is 30.3 Å². The lowest BCUT2D eigenvalue weighted by Crippen LogP contribution is -2.38. The number of para-hydroxylation sites is 2. The summed E-state index contributed by atoms with van der Waals surface area (Å²) in [6, 6.07) is 22.6. The lowest BCUT2D eigenvalue weighted by atomic mass is 9.76. The maximum absolute atomic E-state index is 13.6. The van der Waals surface area contributed by atoms with Gasteiger partial charge in [0.2, 0.25) is 5.75 Å². The fourth-order valence-electron chi connectivity index (χ4n) is 7.08. The summed E-state index contributed by atoms with van der Waals surface area (Å²) in [6.07, 6.45) is 6.81. The van der Waals surface area contributed by atoms with Crippen LogP contribution in [0.2, 0.25) is 0 Å². The molecule has 0 saturated carbocycles.